The van der Waals surface area contributed by atoms with E-state index in [1.807, 2.05) is 24.3 Å². The van der Waals surface area contributed by atoms with E-state index in [-0.39, 0.29) is 5.82 Å². The van der Waals surface area contributed by atoms with E-state index in [1.165, 1.54) is 6.07 Å². The number of hydrogen-bond donors (Lipinski definition) is 1. The second-order valence-electron chi connectivity index (χ2n) is 5.37. The van der Waals surface area contributed by atoms with Gasteiger partial charge in [-0.3, -0.25) is 0 Å². The van der Waals surface area contributed by atoms with Gasteiger partial charge < -0.3 is 10.0 Å². The van der Waals surface area contributed by atoms with Crippen LogP contribution in [0.25, 0.3) is 0 Å². The Morgan fingerprint density at radius 3 is 2.90 bits per heavy atom. The fraction of sp³-hybridized carbons (Fsp3) is 0.294. The average molecular weight is 306 g/mol. The number of nitrogens with zero attached hydrogens (tertiary/aromatic N) is 1. The zero-order valence-corrected chi connectivity index (χ0v) is 12.4. The smallest absolute Gasteiger partial charge is 0.128 e. The van der Waals surface area contributed by atoms with Crippen molar-refractivity contribution >= 4 is 17.3 Å². The standard InChI is InChI=1S/C17H17ClFNO/c18-13-7-8-15(19)12(10-13)11-20-9-3-6-17(21)14-4-1-2-5-16(14)20/h1-2,4-5,7-8,10,17,21H,3,6,9,11H2. The Labute approximate surface area is 128 Å². The Kier molecular flexibility index (Phi) is 4.13. The van der Waals surface area contributed by atoms with Gasteiger partial charge in [-0.25, -0.2) is 4.39 Å². The van der Waals surface area contributed by atoms with Gasteiger partial charge in [-0.05, 0) is 37.1 Å². The van der Waals surface area contributed by atoms with Gasteiger partial charge in [-0.2, -0.15) is 0 Å². The van der Waals surface area contributed by atoms with Crippen LogP contribution >= 0.6 is 11.6 Å². The number of para-hydroxylation sites is 1. The number of rotatable bonds is 2. The van der Waals surface area contributed by atoms with Crippen LogP contribution in [0.15, 0.2) is 42.5 Å². The van der Waals surface area contributed by atoms with Gasteiger partial charge in [0.1, 0.15) is 5.82 Å². The predicted octanol–water partition coefficient (Wildman–Crippen LogP) is 4.31. The number of hydrogen-bond acceptors (Lipinski definition) is 2. The Balaban J connectivity index is 1.95. The van der Waals surface area contributed by atoms with E-state index >= 15 is 0 Å². The van der Waals surface area contributed by atoms with Gasteiger partial charge in [0.05, 0.1) is 6.10 Å². The summed E-state index contributed by atoms with van der Waals surface area (Å²) >= 11 is 5.96. The van der Waals surface area contributed by atoms with Crippen LogP contribution < -0.4 is 4.90 Å². The van der Waals surface area contributed by atoms with Crippen LogP contribution in [0.1, 0.15) is 30.1 Å². The van der Waals surface area contributed by atoms with Crippen LogP contribution in [0.5, 0.6) is 0 Å². The summed E-state index contributed by atoms with van der Waals surface area (Å²) in [4.78, 5) is 2.11. The van der Waals surface area contributed by atoms with Crippen LogP contribution in [-0.4, -0.2) is 11.7 Å². The topological polar surface area (TPSA) is 23.5 Å². The summed E-state index contributed by atoms with van der Waals surface area (Å²) in [5, 5.41) is 10.7. The first kappa shape index (κ1) is 14.4. The number of aliphatic hydroxyl groups is 1. The van der Waals surface area contributed by atoms with E-state index in [1.54, 1.807) is 12.1 Å². The lowest BCUT2D eigenvalue weighted by Crippen LogP contribution is -2.24. The third kappa shape index (κ3) is 3.04. The Bertz CT molecular complexity index is 646. The van der Waals surface area contributed by atoms with Crippen molar-refractivity contribution in [2.75, 3.05) is 11.4 Å². The Morgan fingerprint density at radius 2 is 2.05 bits per heavy atom. The summed E-state index contributed by atoms with van der Waals surface area (Å²) in [5.41, 5.74) is 2.47. The highest BCUT2D eigenvalue weighted by Gasteiger charge is 2.21. The van der Waals surface area contributed by atoms with E-state index in [0.717, 1.165) is 30.6 Å². The van der Waals surface area contributed by atoms with Gasteiger partial charge in [-0.15, -0.1) is 0 Å². The molecule has 0 aliphatic carbocycles. The van der Waals surface area contributed by atoms with Gasteiger partial charge >= 0.3 is 0 Å². The van der Waals surface area contributed by atoms with Crippen molar-refractivity contribution in [3.8, 4) is 0 Å². The lowest BCUT2D eigenvalue weighted by atomic mass is 10.0. The molecule has 3 rings (SSSR count). The molecule has 2 aromatic carbocycles. The van der Waals surface area contributed by atoms with Gasteiger partial charge in [0.25, 0.3) is 0 Å². The number of halogens is 2. The van der Waals surface area contributed by atoms with Crippen LogP contribution in [0.2, 0.25) is 5.02 Å². The Morgan fingerprint density at radius 1 is 1.24 bits per heavy atom. The highest BCUT2D eigenvalue weighted by atomic mass is 35.5. The van der Waals surface area contributed by atoms with Crippen molar-refractivity contribution in [2.24, 2.45) is 0 Å². The summed E-state index contributed by atoms with van der Waals surface area (Å²) in [6.45, 7) is 1.25. The average Bonchev–Trinajstić information content (AvgIpc) is 2.64. The van der Waals surface area contributed by atoms with Crippen molar-refractivity contribution < 1.29 is 9.50 Å². The molecule has 4 heteroatoms. The summed E-state index contributed by atoms with van der Waals surface area (Å²) in [7, 11) is 0. The number of fused-ring (bicyclic) bond motifs is 1. The SMILES string of the molecule is OC1CCCN(Cc2cc(Cl)ccc2F)c2ccccc21. The monoisotopic (exact) mass is 305 g/mol. The molecule has 1 atom stereocenters. The number of anilines is 1. The molecule has 0 spiro atoms. The zero-order valence-electron chi connectivity index (χ0n) is 11.6. The van der Waals surface area contributed by atoms with Gasteiger partial charge in [-0.1, -0.05) is 29.8 Å². The molecule has 0 radical (unpaired) electrons. The van der Waals surface area contributed by atoms with Gasteiger partial charge in [0.2, 0.25) is 0 Å². The van der Waals surface area contributed by atoms with Gasteiger partial charge in [0, 0.05) is 34.9 Å². The van der Waals surface area contributed by atoms with Gasteiger partial charge in [0.15, 0.2) is 0 Å². The third-order valence-electron chi connectivity index (χ3n) is 3.91. The molecule has 1 aliphatic heterocycles. The van der Waals surface area contributed by atoms with Crippen molar-refractivity contribution in [1.82, 2.24) is 0 Å². The largest absolute Gasteiger partial charge is 0.388 e. The molecule has 0 saturated heterocycles. The zero-order chi connectivity index (χ0) is 14.8. The minimum absolute atomic E-state index is 0.248. The molecule has 1 N–H and O–H groups in total. The first-order valence-corrected chi connectivity index (χ1v) is 7.49. The highest BCUT2D eigenvalue weighted by Crippen LogP contribution is 2.33. The van der Waals surface area contributed by atoms with E-state index in [2.05, 4.69) is 4.90 Å². The maximum Gasteiger partial charge on any atom is 0.128 e. The van der Waals surface area contributed by atoms with Crippen LogP contribution in [-0.2, 0) is 6.54 Å². The molecule has 1 unspecified atom stereocenters. The fourth-order valence-corrected chi connectivity index (χ4v) is 3.04. The maximum absolute atomic E-state index is 13.9. The molecule has 1 heterocycles. The molecular weight excluding hydrogens is 289 g/mol. The molecule has 2 aromatic rings. The summed E-state index contributed by atoms with van der Waals surface area (Å²) < 4.78 is 13.9. The molecule has 0 aromatic heterocycles. The third-order valence-corrected chi connectivity index (χ3v) is 4.15. The van der Waals surface area contributed by atoms with E-state index in [0.29, 0.717) is 17.1 Å². The molecular formula is C17H17ClFNO. The highest BCUT2D eigenvalue weighted by molar-refractivity contribution is 6.30. The molecule has 21 heavy (non-hydrogen) atoms. The van der Waals surface area contributed by atoms with Crippen LogP contribution in [0.4, 0.5) is 10.1 Å². The lowest BCUT2D eigenvalue weighted by molar-refractivity contribution is 0.168. The van der Waals surface area contributed by atoms with Crippen LogP contribution in [0, 0.1) is 5.82 Å². The molecule has 1 aliphatic rings. The second-order valence-corrected chi connectivity index (χ2v) is 5.81. The summed E-state index contributed by atoms with van der Waals surface area (Å²) in [5.74, 6) is -0.248. The second kappa shape index (κ2) is 6.04. The number of aliphatic hydroxyl groups excluding tert-OH is 1. The predicted molar refractivity (Wildman–Crippen MR) is 83.1 cm³/mol. The number of benzene rings is 2. The maximum atomic E-state index is 13.9. The van der Waals surface area contributed by atoms with Crippen LogP contribution in [0.3, 0.4) is 0 Å². The van der Waals surface area contributed by atoms with Crippen molar-refractivity contribution in [3.05, 3.63) is 64.4 Å². The molecule has 0 bridgehead atoms. The van der Waals surface area contributed by atoms with Crippen molar-refractivity contribution in [1.29, 1.82) is 0 Å². The summed E-state index contributed by atoms with van der Waals surface area (Å²) in [6.07, 6.45) is 1.15. The first-order chi connectivity index (χ1) is 10.1. The first-order valence-electron chi connectivity index (χ1n) is 7.11. The van der Waals surface area contributed by atoms with E-state index in [9.17, 15) is 9.50 Å². The minimum atomic E-state index is -0.449. The normalized spacial score (nSPS) is 18.2. The molecule has 0 saturated carbocycles. The van der Waals surface area contributed by atoms with E-state index in [4.69, 9.17) is 11.6 Å². The fourth-order valence-electron chi connectivity index (χ4n) is 2.84. The van der Waals surface area contributed by atoms with E-state index < -0.39 is 6.10 Å². The van der Waals surface area contributed by atoms with Crippen molar-refractivity contribution in [3.63, 3.8) is 0 Å². The molecule has 110 valence electrons. The molecule has 0 amide bonds. The minimum Gasteiger partial charge on any atom is -0.388 e. The Hall–Kier alpha value is -1.58. The van der Waals surface area contributed by atoms with Crippen molar-refractivity contribution in [2.45, 2.75) is 25.5 Å². The molecule has 2 nitrogen and oxygen atoms in total. The molecule has 0 fully saturated rings. The lowest BCUT2D eigenvalue weighted by Gasteiger charge is -2.25. The summed E-state index contributed by atoms with van der Waals surface area (Å²) in [6, 6.07) is 12.4. The quantitative estimate of drug-likeness (QED) is 0.893.